The molecule has 33 heavy (non-hydrogen) atoms. The molecule has 0 fully saturated rings. The summed E-state index contributed by atoms with van der Waals surface area (Å²) in [4.78, 5) is 21.6. The van der Waals surface area contributed by atoms with Gasteiger partial charge in [0.2, 0.25) is 11.9 Å². The lowest BCUT2D eigenvalue weighted by molar-refractivity contribution is -0.119. The van der Waals surface area contributed by atoms with E-state index in [1.165, 1.54) is 17.5 Å². The van der Waals surface area contributed by atoms with Crippen molar-refractivity contribution in [2.45, 2.75) is 51.4 Å². The Balaban J connectivity index is 1.36. The summed E-state index contributed by atoms with van der Waals surface area (Å²) in [6, 6.07) is 12.5. The molecule has 1 amide bonds. The first-order valence-corrected chi connectivity index (χ1v) is 11.3. The van der Waals surface area contributed by atoms with Crippen LogP contribution in [-0.2, 0) is 22.0 Å². The second-order valence-electron chi connectivity index (χ2n) is 10.2. The van der Waals surface area contributed by atoms with Crippen molar-refractivity contribution in [1.29, 1.82) is 0 Å². The minimum absolute atomic E-state index is 0.00810. The largest absolute Gasteiger partial charge is 0.325 e. The Morgan fingerprint density at radius 2 is 1.91 bits per heavy atom. The van der Waals surface area contributed by atoms with Crippen LogP contribution in [0.2, 0.25) is 0 Å². The quantitative estimate of drug-likeness (QED) is 0.471. The number of carbonyl (C=O) groups excluding carboxylic acids is 1. The SMILES string of the molecule is CC1(C)CCc2ccc(-c3nccn4nc(Nc5ccc6c(c5)NC(=O)C6(C)C)nc34)cc21. The summed E-state index contributed by atoms with van der Waals surface area (Å²) in [6.07, 6.45) is 5.85. The number of hydrogen-bond donors (Lipinski definition) is 2. The fraction of sp³-hybridized carbons (Fsp3) is 0.308. The highest BCUT2D eigenvalue weighted by Crippen LogP contribution is 2.41. The first-order valence-electron chi connectivity index (χ1n) is 11.3. The molecule has 0 atom stereocenters. The molecular formula is C26H26N6O. The van der Waals surface area contributed by atoms with Gasteiger partial charge in [-0.25, -0.2) is 4.52 Å². The van der Waals surface area contributed by atoms with Crippen LogP contribution < -0.4 is 10.6 Å². The fourth-order valence-electron chi connectivity index (χ4n) is 5.03. The Morgan fingerprint density at radius 1 is 1.06 bits per heavy atom. The molecule has 1 aliphatic carbocycles. The zero-order valence-corrected chi connectivity index (χ0v) is 19.2. The molecule has 2 aliphatic rings. The fourth-order valence-corrected chi connectivity index (χ4v) is 5.03. The summed E-state index contributed by atoms with van der Waals surface area (Å²) in [7, 11) is 0. The molecule has 7 nitrogen and oxygen atoms in total. The maximum absolute atomic E-state index is 12.3. The minimum atomic E-state index is -0.528. The highest BCUT2D eigenvalue weighted by molar-refractivity contribution is 6.06. The standard InChI is InChI=1S/C26H26N6O/c1-25(2)10-9-15-5-6-16(13-19(15)25)21-22-30-24(31-32(22)12-11-27-21)28-17-7-8-18-20(14-17)29-23(33)26(18,3)4/h5-8,11-14H,9-10H2,1-4H3,(H,28,31)(H,29,33). The Labute approximate surface area is 192 Å². The van der Waals surface area contributed by atoms with E-state index in [0.29, 0.717) is 11.6 Å². The van der Waals surface area contributed by atoms with Gasteiger partial charge in [0, 0.05) is 29.3 Å². The van der Waals surface area contributed by atoms with Crippen molar-refractivity contribution in [3.8, 4) is 11.3 Å². The monoisotopic (exact) mass is 438 g/mol. The first kappa shape index (κ1) is 19.9. The summed E-state index contributed by atoms with van der Waals surface area (Å²) in [6.45, 7) is 8.46. The van der Waals surface area contributed by atoms with Crippen LogP contribution in [0.1, 0.15) is 50.8 Å². The molecule has 0 spiro atoms. The van der Waals surface area contributed by atoms with Crippen molar-refractivity contribution in [3.63, 3.8) is 0 Å². The van der Waals surface area contributed by atoms with E-state index >= 15 is 0 Å². The number of fused-ring (bicyclic) bond motifs is 3. The molecular weight excluding hydrogens is 412 g/mol. The Bertz CT molecular complexity index is 1450. The van der Waals surface area contributed by atoms with Crippen molar-refractivity contribution < 1.29 is 4.79 Å². The van der Waals surface area contributed by atoms with Gasteiger partial charge >= 0.3 is 0 Å². The number of benzene rings is 2. The second kappa shape index (κ2) is 6.63. The lowest BCUT2D eigenvalue weighted by atomic mass is 9.85. The van der Waals surface area contributed by atoms with E-state index in [2.05, 4.69) is 52.8 Å². The zero-order chi connectivity index (χ0) is 23.0. The van der Waals surface area contributed by atoms with Crippen molar-refractivity contribution in [2.24, 2.45) is 0 Å². The Hall–Kier alpha value is -3.74. The average Bonchev–Trinajstić information content (AvgIpc) is 3.39. The van der Waals surface area contributed by atoms with Crippen LogP contribution in [0.25, 0.3) is 16.9 Å². The predicted molar refractivity (Wildman–Crippen MR) is 129 cm³/mol. The third-order valence-corrected chi connectivity index (χ3v) is 7.15. The molecule has 1 aliphatic heterocycles. The van der Waals surface area contributed by atoms with Gasteiger partial charge in [-0.1, -0.05) is 32.0 Å². The summed E-state index contributed by atoms with van der Waals surface area (Å²) in [5.74, 6) is 0.489. The normalized spacial score (nSPS) is 17.6. The summed E-state index contributed by atoms with van der Waals surface area (Å²) < 4.78 is 1.75. The maximum Gasteiger partial charge on any atom is 0.247 e. The van der Waals surface area contributed by atoms with E-state index < -0.39 is 5.41 Å². The number of hydrogen-bond acceptors (Lipinski definition) is 5. The maximum atomic E-state index is 12.3. The highest BCUT2D eigenvalue weighted by Gasteiger charge is 2.38. The molecule has 3 heterocycles. The van der Waals surface area contributed by atoms with Gasteiger partial charge in [-0.2, -0.15) is 4.98 Å². The van der Waals surface area contributed by atoms with Crippen molar-refractivity contribution >= 4 is 28.9 Å². The Morgan fingerprint density at radius 3 is 2.76 bits per heavy atom. The molecule has 7 heteroatoms. The summed E-state index contributed by atoms with van der Waals surface area (Å²) in [5, 5.41) is 10.8. The van der Waals surface area contributed by atoms with E-state index in [1.807, 2.05) is 32.0 Å². The van der Waals surface area contributed by atoms with E-state index in [1.54, 1.807) is 16.9 Å². The smallest absolute Gasteiger partial charge is 0.247 e. The number of anilines is 3. The summed E-state index contributed by atoms with van der Waals surface area (Å²) in [5.41, 5.74) is 7.66. The van der Waals surface area contributed by atoms with Gasteiger partial charge in [-0.3, -0.25) is 9.78 Å². The number of carbonyl (C=O) groups is 1. The number of rotatable bonds is 3. The van der Waals surface area contributed by atoms with Crippen LogP contribution in [0, 0.1) is 0 Å². The molecule has 0 unspecified atom stereocenters. The van der Waals surface area contributed by atoms with Crippen molar-refractivity contribution in [3.05, 3.63) is 65.5 Å². The van der Waals surface area contributed by atoms with Crippen LogP contribution in [0.5, 0.6) is 0 Å². The topological polar surface area (TPSA) is 84.2 Å². The number of nitrogens with zero attached hydrogens (tertiary/aromatic N) is 4. The summed E-state index contributed by atoms with van der Waals surface area (Å²) >= 11 is 0. The minimum Gasteiger partial charge on any atom is -0.325 e. The van der Waals surface area contributed by atoms with Crippen LogP contribution in [0.3, 0.4) is 0 Å². The number of nitrogens with one attached hydrogen (secondary N) is 2. The molecule has 4 aromatic rings. The lowest BCUT2D eigenvalue weighted by Crippen LogP contribution is -2.26. The molecule has 166 valence electrons. The highest BCUT2D eigenvalue weighted by atomic mass is 16.2. The molecule has 2 aromatic heterocycles. The number of aromatic nitrogens is 4. The molecule has 2 aromatic carbocycles. The molecule has 0 bridgehead atoms. The van der Waals surface area contributed by atoms with Crippen LogP contribution >= 0.6 is 0 Å². The van der Waals surface area contributed by atoms with Crippen molar-refractivity contribution in [2.75, 3.05) is 10.6 Å². The second-order valence-corrected chi connectivity index (χ2v) is 10.2. The lowest BCUT2D eigenvalue weighted by Gasteiger charge is -2.19. The van der Waals surface area contributed by atoms with Gasteiger partial charge in [-0.15, -0.1) is 5.10 Å². The average molecular weight is 439 g/mol. The van der Waals surface area contributed by atoms with E-state index in [-0.39, 0.29) is 11.3 Å². The molecule has 0 radical (unpaired) electrons. The van der Waals surface area contributed by atoms with Gasteiger partial charge in [0.15, 0.2) is 5.65 Å². The Kier molecular flexibility index (Phi) is 4.00. The zero-order valence-electron chi connectivity index (χ0n) is 19.2. The van der Waals surface area contributed by atoms with Gasteiger partial charge in [0.1, 0.15) is 5.69 Å². The van der Waals surface area contributed by atoms with Crippen molar-refractivity contribution in [1.82, 2.24) is 19.6 Å². The van der Waals surface area contributed by atoms with Gasteiger partial charge in [-0.05, 0) is 67.0 Å². The first-order chi connectivity index (χ1) is 15.7. The van der Waals surface area contributed by atoms with E-state index in [0.717, 1.165) is 34.6 Å². The van der Waals surface area contributed by atoms with Gasteiger partial charge in [0.05, 0.1) is 5.41 Å². The van der Waals surface area contributed by atoms with Crippen LogP contribution in [0.4, 0.5) is 17.3 Å². The third-order valence-electron chi connectivity index (χ3n) is 7.15. The third kappa shape index (κ3) is 3.03. The van der Waals surface area contributed by atoms with Gasteiger partial charge < -0.3 is 10.6 Å². The van der Waals surface area contributed by atoms with Gasteiger partial charge in [0.25, 0.3) is 0 Å². The molecule has 0 saturated heterocycles. The predicted octanol–water partition coefficient (Wildman–Crippen LogP) is 4.99. The van der Waals surface area contributed by atoms with Crippen LogP contribution in [-0.4, -0.2) is 25.5 Å². The molecule has 2 N–H and O–H groups in total. The number of amides is 1. The van der Waals surface area contributed by atoms with E-state index in [4.69, 9.17) is 4.98 Å². The van der Waals surface area contributed by atoms with Crippen LogP contribution in [0.15, 0.2) is 48.8 Å². The number of aryl methyl sites for hydroxylation is 1. The van der Waals surface area contributed by atoms with E-state index in [9.17, 15) is 4.79 Å². The molecule has 6 rings (SSSR count). The molecule has 0 saturated carbocycles.